The fourth-order valence-electron chi connectivity index (χ4n) is 3.74. The van der Waals surface area contributed by atoms with Crippen LogP contribution in [-0.2, 0) is 0 Å². The number of rotatable bonds is 4. The third-order valence-corrected chi connectivity index (χ3v) is 5.45. The number of halogens is 1. The second-order valence-corrected chi connectivity index (χ2v) is 7.50. The zero-order chi connectivity index (χ0) is 22.0. The SMILES string of the molecule is Cc1ccnc(OC2CCC(C)N(C(=O)c3c(F)cccc3-n3nccn3)C2)c1C#N. The van der Waals surface area contributed by atoms with Crippen LogP contribution in [0.1, 0.15) is 41.3 Å². The maximum absolute atomic E-state index is 14.8. The summed E-state index contributed by atoms with van der Waals surface area (Å²) in [5.74, 6) is -0.840. The fourth-order valence-corrected chi connectivity index (χ4v) is 3.74. The quantitative estimate of drug-likeness (QED) is 0.644. The molecule has 1 aromatic carbocycles. The van der Waals surface area contributed by atoms with Gasteiger partial charge >= 0.3 is 0 Å². The molecule has 8 nitrogen and oxygen atoms in total. The van der Waals surface area contributed by atoms with E-state index in [1.165, 1.54) is 29.3 Å². The Bertz CT molecular complexity index is 1140. The molecule has 4 rings (SSSR count). The normalized spacial score (nSPS) is 18.5. The van der Waals surface area contributed by atoms with Crippen molar-refractivity contribution in [2.24, 2.45) is 0 Å². The molecule has 0 radical (unpaired) electrons. The average Bonchev–Trinajstić information content (AvgIpc) is 3.29. The van der Waals surface area contributed by atoms with Crippen molar-refractivity contribution < 1.29 is 13.9 Å². The molecule has 158 valence electrons. The van der Waals surface area contributed by atoms with Crippen molar-refractivity contribution in [2.75, 3.05) is 6.54 Å². The molecule has 1 amide bonds. The van der Waals surface area contributed by atoms with Crippen molar-refractivity contribution >= 4 is 5.91 Å². The van der Waals surface area contributed by atoms with Crippen molar-refractivity contribution in [2.45, 2.75) is 38.8 Å². The van der Waals surface area contributed by atoms with Crippen LogP contribution in [-0.4, -0.2) is 49.5 Å². The molecule has 0 bridgehead atoms. The number of nitriles is 1. The van der Waals surface area contributed by atoms with Crippen LogP contribution in [0.3, 0.4) is 0 Å². The summed E-state index contributed by atoms with van der Waals surface area (Å²) in [4.78, 5) is 20.4. The number of hydrogen-bond donors (Lipinski definition) is 0. The van der Waals surface area contributed by atoms with E-state index in [9.17, 15) is 14.4 Å². The van der Waals surface area contributed by atoms with Crippen molar-refractivity contribution in [3.8, 4) is 17.6 Å². The van der Waals surface area contributed by atoms with Gasteiger partial charge in [-0.05, 0) is 50.5 Å². The van der Waals surface area contributed by atoms with Crippen molar-refractivity contribution in [1.29, 1.82) is 5.26 Å². The summed E-state index contributed by atoms with van der Waals surface area (Å²) in [5.41, 5.74) is 1.34. The van der Waals surface area contributed by atoms with Crippen LogP contribution >= 0.6 is 0 Å². The molecule has 1 fully saturated rings. The first-order valence-electron chi connectivity index (χ1n) is 9.98. The molecule has 3 heterocycles. The zero-order valence-corrected chi connectivity index (χ0v) is 17.2. The van der Waals surface area contributed by atoms with Crippen molar-refractivity contribution in [3.05, 3.63) is 65.4 Å². The summed E-state index contributed by atoms with van der Waals surface area (Å²) < 4.78 is 20.8. The lowest BCUT2D eigenvalue weighted by Crippen LogP contribution is -2.49. The van der Waals surface area contributed by atoms with Crippen molar-refractivity contribution in [3.63, 3.8) is 0 Å². The summed E-state index contributed by atoms with van der Waals surface area (Å²) in [6.07, 6.45) is 5.52. The summed E-state index contributed by atoms with van der Waals surface area (Å²) in [7, 11) is 0. The fraction of sp³-hybridized carbons (Fsp3) is 0.318. The van der Waals surface area contributed by atoms with Gasteiger partial charge in [-0.15, -0.1) is 0 Å². The van der Waals surface area contributed by atoms with Gasteiger partial charge in [-0.25, -0.2) is 9.37 Å². The number of aromatic nitrogens is 4. The van der Waals surface area contributed by atoms with Gasteiger partial charge in [0.15, 0.2) is 0 Å². The molecule has 0 spiro atoms. The lowest BCUT2D eigenvalue weighted by Gasteiger charge is -2.38. The number of aryl methyl sites for hydroxylation is 1. The predicted molar refractivity (Wildman–Crippen MR) is 109 cm³/mol. The first kappa shape index (κ1) is 20.5. The maximum atomic E-state index is 14.8. The van der Waals surface area contributed by atoms with Crippen LogP contribution in [0.5, 0.6) is 5.88 Å². The molecule has 9 heteroatoms. The number of piperidine rings is 1. The van der Waals surface area contributed by atoms with E-state index >= 15 is 0 Å². The summed E-state index contributed by atoms with van der Waals surface area (Å²) >= 11 is 0. The monoisotopic (exact) mass is 420 g/mol. The lowest BCUT2D eigenvalue weighted by molar-refractivity contribution is 0.0368. The van der Waals surface area contributed by atoms with Gasteiger partial charge in [0.25, 0.3) is 5.91 Å². The van der Waals surface area contributed by atoms with E-state index in [-0.39, 0.29) is 35.8 Å². The molecule has 1 aliphatic rings. The topological polar surface area (TPSA) is 96.9 Å². The third kappa shape index (κ3) is 3.97. The average molecular weight is 420 g/mol. The highest BCUT2D eigenvalue weighted by atomic mass is 19.1. The van der Waals surface area contributed by atoms with E-state index in [1.54, 1.807) is 23.2 Å². The Kier molecular flexibility index (Phi) is 5.62. The lowest BCUT2D eigenvalue weighted by atomic mass is 9.99. The number of amides is 1. The molecule has 0 aliphatic carbocycles. The maximum Gasteiger partial charge on any atom is 0.259 e. The molecule has 1 aliphatic heterocycles. The smallest absolute Gasteiger partial charge is 0.259 e. The Labute approximate surface area is 178 Å². The largest absolute Gasteiger partial charge is 0.472 e. The summed E-state index contributed by atoms with van der Waals surface area (Å²) in [6.45, 7) is 3.99. The minimum atomic E-state index is -0.637. The summed E-state index contributed by atoms with van der Waals surface area (Å²) in [5, 5.41) is 17.5. The van der Waals surface area contributed by atoms with Gasteiger partial charge < -0.3 is 9.64 Å². The standard InChI is InChI=1S/C22H21FN6O2/c1-14-8-9-25-21(17(14)12-24)31-16-7-6-15(2)28(13-16)22(30)20-18(23)4-3-5-19(20)29-26-10-11-27-29/h3-5,8-11,15-16H,6-7,13H2,1-2H3. The Hall–Kier alpha value is -3.80. The van der Waals surface area contributed by atoms with Crippen LogP contribution in [0.4, 0.5) is 4.39 Å². The highest BCUT2D eigenvalue weighted by Crippen LogP contribution is 2.27. The zero-order valence-electron chi connectivity index (χ0n) is 17.2. The van der Waals surface area contributed by atoms with E-state index in [2.05, 4.69) is 21.3 Å². The number of nitrogens with zero attached hydrogens (tertiary/aromatic N) is 6. The number of hydrogen-bond acceptors (Lipinski definition) is 6. The van der Waals surface area contributed by atoms with Crippen LogP contribution in [0.15, 0.2) is 42.9 Å². The summed E-state index contributed by atoms with van der Waals surface area (Å²) in [6, 6.07) is 8.13. The van der Waals surface area contributed by atoms with Crippen LogP contribution in [0.25, 0.3) is 5.69 Å². The van der Waals surface area contributed by atoms with E-state index in [4.69, 9.17) is 4.74 Å². The molecule has 31 heavy (non-hydrogen) atoms. The molecule has 2 unspecified atom stereocenters. The van der Waals surface area contributed by atoms with Crippen molar-refractivity contribution in [1.82, 2.24) is 24.9 Å². The Morgan fingerprint density at radius 1 is 1.23 bits per heavy atom. The first-order valence-corrected chi connectivity index (χ1v) is 9.98. The van der Waals surface area contributed by atoms with Gasteiger partial charge in [0.05, 0.1) is 18.9 Å². The molecular formula is C22H21FN6O2. The van der Waals surface area contributed by atoms with Crippen LogP contribution in [0, 0.1) is 24.1 Å². The molecular weight excluding hydrogens is 399 g/mol. The van der Waals surface area contributed by atoms with Crippen LogP contribution < -0.4 is 4.74 Å². The second-order valence-electron chi connectivity index (χ2n) is 7.50. The van der Waals surface area contributed by atoms with Gasteiger partial charge in [0.2, 0.25) is 5.88 Å². The number of carbonyl (C=O) groups excluding carboxylic acids is 1. The van der Waals surface area contributed by atoms with Gasteiger partial charge in [-0.1, -0.05) is 6.07 Å². The first-order chi connectivity index (χ1) is 15.0. The van der Waals surface area contributed by atoms with Gasteiger partial charge in [0.1, 0.15) is 34.8 Å². The van der Waals surface area contributed by atoms with E-state index in [1.807, 2.05) is 13.8 Å². The minimum absolute atomic E-state index is 0.0856. The predicted octanol–water partition coefficient (Wildman–Crippen LogP) is 3.05. The molecule has 1 saturated heterocycles. The molecule has 3 aromatic rings. The van der Waals surface area contributed by atoms with Gasteiger partial charge in [0, 0.05) is 12.2 Å². The highest BCUT2D eigenvalue weighted by Gasteiger charge is 2.34. The third-order valence-electron chi connectivity index (χ3n) is 5.45. The Balaban J connectivity index is 1.61. The molecule has 2 aromatic heterocycles. The Morgan fingerprint density at radius 3 is 2.74 bits per heavy atom. The minimum Gasteiger partial charge on any atom is -0.472 e. The van der Waals surface area contributed by atoms with Gasteiger partial charge in [-0.3, -0.25) is 4.79 Å². The van der Waals surface area contributed by atoms with Crippen LogP contribution in [0.2, 0.25) is 0 Å². The Morgan fingerprint density at radius 2 is 2.00 bits per heavy atom. The molecule has 2 atom stereocenters. The van der Waals surface area contributed by atoms with E-state index < -0.39 is 11.7 Å². The van der Waals surface area contributed by atoms with Gasteiger partial charge in [-0.2, -0.15) is 20.3 Å². The molecule has 0 saturated carbocycles. The number of pyridine rings is 1. The number of ether oxygens (including phenoxy) is 1. The second kappa shape index (κ2) is 8.52. The number of likely N-dealkylation sites (tertiary alicyclic amines) is 1. The number of benzene rings is 1. The van der Waals surface area contributed by atoms with E-state index in [0.29, 0.717) is 18.4 Å². The van der Waals surface area contributed by atoms with E-state index in [0.717, 1.165) is 5.56 Å². The number of carbonyl (C=O) groups is 1. The molecule has 0 N–H and O–H groups in total. The highest BCUT2D eigenvalue weighted by molar-refractivity contribution is 5.98.